The van der Waals surface area contributed by atoms with E-state index in [1.807, 2.05) is 0 Å². The van der Waals surface area contributed by atoms with Crippen LogP contribution in [-0.2, 0) is 4.74 Å². The number of nitrogens with two attached hydrogens (primary N) is 1. The van der Waals surface area contributed by atoms with Crippen molar-refractivity contribution in [2.75, 3.05) is 0 Å². The van der Waals surface area contributed by atoms with E-state index in [1.54, 1.807) is 20.8 Å². The van der Waals surface area contributed by atoms with E-state index in [0.717, 1.165) is 0 Å². The highest BCUT2D eigenvalue weighted by Crippen LogP contribution is 2.27. The number of ether oxygens (including phenoxy) is 1. The quantitative estimate of drug-likeness (QED) is 0.727. The molecule has 0 aromatic carbocycles. The lowest BCUT2D eigenvalue weighted by molar-refractivity contribution is 0.0435. The van der Waals surface area contributed by atoms with Crippen LogP contribution in [0.25, 0.3) is 0 Å². The van der Waals surface area contributed by atoms with Gasteiger partial charge in [-0.3, -0.25) is 0 Å². The maximum atomic E-state index is 11.8. The highest BCUT2D eigenvalue weighted by Gasteiger charge is 2.32. The van der Waals surface area contributed by atoms with Crippen LogP contribution in [0.3, 0.4) is 0 Å². The summed E-state index contributed by atoms with van der Waals surface area (Å²) in [6, 6.07) is 0.0101. The third kappa shape index (κ3) is 4.39. The smallest absolute Gasteiger partial charge is 0.408 e. The van der Waals surface area contributed by atoms with Gasteiger partial charge in [-0.15, -0.1) is 0 Å². The Balaban J connectivity index is 2.80. The summed E-state index contributed by atoms with van der Waals surface area (Å²) in [5, 5.41) is 2.57. The standard InChI is InChI=1S/C12H24N2O2/c1-11(2,3)16-10(15)14-12(4)7-5-9(13)6-8-12/h9H,5-8,13H2,1-4H3,(H,14,15)/i4D3. The van der Waals surface area contributed by atoms with Crippen molar-refractivity contribution in [1.82, 2.24) is 5.32 Å². The van der Waals surface area contributed by atoms with Gasteiger partial charge in [0.1, 0.15) is 5.60 Å². The van der Waals surface area contributed by atoms with Gasteiger partial charge in [0.25, 0.3) is 0 Å². The molecule has 0 aromatic rings. The van der Waals surface area contributed by atoms with Gasteiger partial charge in [-0.25, -0.2) is 4.79 Å². The maximum Gasteiger partial charge on any atom is 0.408 e. The fourth-order valence-corrected chi connectivity index (χ4v) is 1.76. The second-order valence-corrected chi connectivity index (χ2v) is 5.55. The summed E-state index contributed by atoms with van der Waals surface area (Å²) in [5.41, 5.74) is 3.94. The summed E-state index contributed by atoms with van der Waals surface area (Å²) in [4.78, 5) is 11.8. The van der Waals surface area contributed by atoms with Gasteiger partial charge in [0.15, 0.2) is 0 Å². The van der Waals surface area contributed by atoms with Crippen molar-refractivity contribution in [2.45, 2.75) is 70.5 Å². The van der Waals surface area contributed by atoms with Crippen molar-refractivity contribution in [2.24, 2.45) is 5.73 Å². The van der Waals surface area contributed by atoms with Gasteiger partial charge in [0.2, 0.25) is 0 Å². The molecule has 1 amide bonds. The van der Waals surface area contributed by atoms with Crippen molar-refractivity contribution in [3.63, 3.8) is 0 Å². The summed E-state index contributed by atoms with van der Waals surface area (Å²) in [6.45, 7) is 2.96. The normalized spacial score (nSPS) is 34.5. The molecule has 0 unspecified atom stereocenters. The van der Waals surface area contributed by atoms with Crippen LogP contribution in [0.1, 0.15) is 57.4 Å². The van der Waals surface area contributed by atoms with Crippen LogP contribution in [0.15, 0.2) is 0 Å². The predicted molar refractivity (Wildman–Crippen MR) is 64.2 cm³/mol. The van der Waals surface area contributed by atoms with E-state index in [-0.39, 0.29) is 6.04 Å². The lowest BCUT2D eigenvalue weighted by atomic mass is 9.81. The SMILES string of the molecule is [2H]C([2H])([2H])C1(NC(=O)OC(C)(C)C)CCC(N)CC1. The van der Waals surface area contributed by atoms with Crippen molar-refractivity contribution in [1.29, 1.82) is 0 Å². The Morgan fingerprint density at radius 2 is 2.06 bits per heavy atom. The number of carbonyl (C=O) groups excluding carboxylic acids is 1. The maximum absolute atomic E-state index is 11.8. The molecule has 16 heavy (non-hydrogen) atoms. The molecule has 0 heterocycles. The summed E-state index contributed by atoms with van der Waals surface area (Å²) >= 11 is 0. The summed E-state index contributed by atoms with van der Waals surface area (Å²) < 4.78 is 28.2. The van der Waals surface area contributed by atoms with Crippen LogP contribution in [0.4, 0.5) is 4.79 Å². The third-order valence-corrected chi connectivity index (χ3v) is 2.62. The fourth-order valence-electron chi connectivity index (χ4n) is 1.76. The molecule has 1 aliphatic rings. The van der Waals surface area contributed by atoms with Gasteiger partial charge in [0, 0.05) is 15.7 Å². The number of amides is 1. The first-order valence-corrected chi connectivity index (χ1v) is 5.72. The predicted octanol–water partition coefficient (Wildman–Crippen LogP) is 2.17. The monoisotopic (exact) mass is 231 g/mol. The molecule has 0 saturated heterocycles. The van der Waals surface area contributed by atoms with E-state index in [0.29, 0.717) is 25.7 Å². The molecule has 94 valence electrons. The minimum absolute atomic E-state index is 0.0101. The average molecular weight is 231 g/mol. The second-order valence-electron chi connectivity index (χ2n) is 5.55. The van der Waals surface area contributed by atoms with E-state index >= 15 is 0 Å². The summed E-state index contributed by atoms with van der Waals surface area (Å²) in [7, 11) is 0. The molecule has 0 aromatic heterocycles. The van der Waals surface area contributed by atoms with Gasteiger partial charge in [-0.05, 0) is 53.3 Å². The van der Waals surface area contributed by atoms with E-state index in [9.17, 15) is 4.79 Å². The van der Waals surface area contributed by atoms with Crippen LogP contribution in [0.2, 0.25) is 0 Å². The first kappa shape index (κ1) is 9.28. The molecule has 4 heteroatoms. The Hall–Kier alpha value is -0.770. The Bertz CT molecular complexity index is 329. The van der Waals surface area contributed by atoms with Crippen LogP contribution >= 0.6 is 0 Å². The number of carbonyl (C=O) groups is 1. The molecule has 0 atom stereocenters. The number of nitrogens with one attached hydrogen (secondary N) is 1. The molecular formula is C12H24N2O2. The molecular weight excluding hydrogens is 204 g/mol. The van der Waals surface area contributed by atoms with Gasteiger partial charge < -0.3 is 15.8 Å². The highest BCUT2D eigenvalue weighted by molar-refractivity contribution is 5.68. The van der Waals surface area contributed by atoms with Crippen LogP contribution < -0.4 is 11.1 Å². The molecule has 1 saturated carbocycles. The van der Waals surface area contributed by atoms with E-state index in [4.69, 9.17) is 14.6 Å². The lowest BCUT2D eigenvalue weighted by Gasteiger charge is -2.37. The van der Waals surface area contributed by atoms with Gasteiger partial charge in [0.05, 0.1) is 0 Å². The Labute approximate surface area is 102 Å². The number of hydrogen-bond acceptors (Lipinski definition) is 3. The van der Waals surface area contributed by atoms with Crippen LogP contribution in [0.5, 0.6) is 0 Å². The van der Waals surface area contributed by atoms with E-state index < -0.39 is 24.1 Å². The molecule has 3 N–H and O–H groups in total. The molecule has 0 aliphatic heterocycles. The Morgan fingerprint density at radius 3 is 2.50 bits per heavy atom. The summed E-state index contributed by atoms with van der Waals surface area (Å²) in [6.07, 6.45) is 1.20. The number of hydrogen-bond donors (Lipinski definition) is 2. The minimum Gasteiger partial charge on any atom is -0.444 e. The van der Waals surface area contributed by atoms with Crippen molar-refractivity contribution >= 4 is 6.09 Å². The molecule has 0 bridgehead atoms. The molecule has 1 rings (SSSR count). The van der Waals surface area contributed by atoms with Crippen LogP contribution in [-0.4, -0.2) is 23.3 Å². The Kier molecular flexibility index (Phi) is 2.68. The first-order chi connectivity index (χ1) is 8.45. The van der Waals surface area contributed by atoms with Gasteiger partial charge >= 0.3 is 6.09 Å². The first-order valence-electron chi connectivity index (χ1n) is 7.22. The van der Waals surface area contributed by atoms with Gasteiger partial charge in [-0.2, -0.15) is 0 Å². The van der Waals surface area contributed by atoms with E-state index in [2.05, 4.69) is 5.32 Å². The molecule has 0 radical (unpaired) electrons. The van der Waals surface area contributed by atoms with E-state index in [1.165, 1.54) is 0 Å². The Morgan fingerprint density at radius 1 is 1.50 bits per heavy atom. The molecule has 0 spiro atoms. The highest BCUT2D eigenvalue weighted by atomic mass is 16.6. The van der Waals surface area contributed by atoms with Gasteiger partial charge in [-0.1, -0.05) is 0 Å². The largest absolute Gasteiger partial charge is 0.444 e. The van der Waals surface area contributed by atoms with Crippen molar-refractivity contribution < 1.29 is 13.6 Å². The molecule has 4 nitrogen and oxygen atoms in total. The zero-order chi connectivity index (χ0) is 14.9. The topological polar surface area (TPSA) is 64.3 Å². The lowest BCUT2D eigenvalue weighted by Crippen LogP contribution is -2.51. The molecule has 1 aliphatic carbocycles. The van der Waals surface area contributed by atoms with Crippen molar-refractivity contribution in [3.05, 3.63) is 0 Å². The van der Waals surface area contributed by atoms with Crippen molar-refractivity contribution in [3.8, 4) is 0 Å². The minimum atomic E-state index is -2.26. The zero-order valence-corrected chi connectivity index (χ0v) is 10.3. The fraction of sp³-hybridized carbons (Fsp3) is 0.917. The molecule has 1 fully saturated rings. The zero-order valence-electron chi connectivity index (χ0n) is 13.3. The second kappa shape index (κ2) is 4.62. The summed E-state index contributed by atoms with van der Waals surface area (Å²) in [5.74, 6) is 0. The number of rotatable bonds is 1. The third-order valence-electron chi connectivity index (χ3n) is 2.62. The number of alkyl carbamates (subject to hydrolysis) is 1. The van der Waals surface area contributed by atoms with Crippen LogP contribution in [0, 0.1) is 0 Å². The average Bonchev–Trinajstić information content (AvgIpc) is 2.17.